The number of hydrogen-bond acceptors (Lipinski definition) is 3. The highest BCUT2D eigenvalue weighted by Gasteiger charge is 2.30. The Morgan fingerprint density at radius 3 is 2.44 bits per heavy atom. The molecule has 0 saturated carbocycles. The van der Waals surface area contributed by atoms with Crippen LogP contribution >= 0.6 is 0 Å². The quantitative estimate of drug-likeness (QED) is 0.457. The molecule has 27 heavy (non-hydrogen) atoms. The minimum Gasteiger partial charge on any atom is -0.326 e. The van der Waals surface area contributed by atoms with E-state index in [-0.39, 0.29) is 5.69 Å². The van der Waals surface area contributed by atoms with Gasteiger partial charge in [0.1, 0.15) is 6.42 Å². The number of rotatable bonds is 6. The van der Waals surface area contributed by atoms with Gasteiger partial charge in [0, 0.05) is 11.9 Å². The third-order valence-electron chi connectivity index (χ3n) is 3.23. The minimum absolute atomic E-state index is 0.0445. The summed E-state index contributed by atoms with van der Waals surface area (Å²) in [5.74, 6) is -1.44. The number of hydrogen-bond donors (Lipinski definition) is 2. The molecule has 0 unspecified atom stereocenters. The molecule has 8 heteroatoms. The Morgan fingerprint density at radius 1 is 1.00 bits per heavy atom. The average molecular weight is 375 g/mol. The van der Waals surface area contributed by atoms with Crippen molar-refractivity contribution in [3.8, 4) is 0 Å². The van der Waals surface area contributed by atoms with E-state index in [0.717, 1.165) is 17.7 Å². The van der Waals surface area contributed by atoms with Crippen LogP contribution in [0, 0.1) is 0 Å². The number of alkyl halides is 3. The second-order valence-electron chi connectivity index (χ2n) is 5.39. The average Bonchev–Trinajstić information content (AvgIpc) is 2.61. The number of hydrazone groups is 1. The van der Waals surface area contributed by atoms with Crippen molar-refractivity contribution in [2.75, 3.05) is 5.32 Å². The highest BCUT2D eigenvalue weighted by atomic mass is 19.4. The van der Waals surface area contributed by atoms with Crippen LogP contribution < -0.4 is 10.7 Å². The third-order valence-corrected chi connectivity index (χ3v) is 3.23. The van der Waals surface area contributed by atoms with E-state index in [1.165, 1.54) is 18.3 Å². The lowest BCUT2D eigenvalue weighted by Gasteiger charge is -2.09. The Morgan fingerprint density at radius 2 is 1.74 bits per heavy atom. The van der Waals surface area contributed by atoms with E-state index in [0.29, 0.717) is 0 Å². The maximum atomic E-state index is 12.6. The smallest absolute Gasteiger partial charge is 0.326 e. The highest BCUT2D eigenvalue weighted by Crippen LogP contribution is 2.30. The summed E-state index contributed by atoms with van der Waals surface area (Å²) >= 11 is 0. The SMILES string of the molecule is O=C(CC(=O)Nc1cccc(C(F)(F)F)c1)NN=CC=Cc1ccccc1. The Hall–Kier alpha value is -3.42. The predicted molar refractivity (Wildman–Crippen MR) is 96.8 cm³/mol. The van der Waals surface area contributed by atoms with E-state index in [4.69, 9.17) is 0 Å². The first-order valence-electron chi connectivity index (χ1n) is 7.85. The molecule has 2 aromatic rings. The van der Waals surface area contributed by atoms with Crippen LogP contribution in [0.25, 0.3) is 6.08 Å². The zero-order chi connectivity index (χ0) is 19.7. The van der Waals surface area contributed by atoms with Gasteiger partial charge in [0.05, 0.1) is 5.56 Å². The molecule has 0 spiro atoms. The molecule has 0 radical (unpaired) electrons. The number of halogens is 3. The number of carbonyl (C=O) groups is 2. The van der Waals surface area contributed by atoms with Gasteiger partial charge in [-0.05, 0) is 29.8 Å². The van der Waals surface area contributed by atoms with E-state index >= 15 is 0 Å². The summed E-state index contributed by atoms with van der Waals surface area (Å²) in [5.41, 5.74) is 2.18. The van der Waals surface area contributed by atoms with E-state index in [2.05, 4.69) is 15.8 Å². The van der Waals surface area contributed by atoms with Gasteiger partial charge in [-0.15, -0.1) is 0 Å². The predicted octanol–water partition coefficient (Wildman–Crippen LogP) is 3.85. The molecular weight excluding hydrogens is 359 g/mol. The van der Waals surface area contributed by atoms with Crippen molar-refractivity contribution in [3.05, 3.63) is 71.8 Å². The molecule has 0 aliphatic heterocycles. The largest absolute Gasteiger partial charge is 0.416 e. The maximum Gasteiger partial charge on any atom is 0.416 e. The number of carbonyl (C=O) groups excluding carboxylic acids is 2. The monoisotopic (exact) mass is 375 g/mol. The van der Waals surface area contributed by atoms with Crippen LogP contribution in [0.15, 0.2) is 65.8 Å². The maximum absolute atomic E-state index is 12.6. The molecule has 0 aliphatic carbocycles. The van der Waals surface area contributed by atoms with Crippen LogP contribution in [0.5, 0.6) is 0 Å². The zero-order valence-electron chi connectivity index (χ0n) is 14.0. The number of amides is 2. The second-order valence-corrected chi connectivity index (χ2v) is 5.39. The molecule has 0 heterocycles. The molecule has 0 aromatic heterocycles. The van der Waals surface area contributed by atoms with Crippen molar-refractivity contribution >= 4 is 29.8 Å². The number of nitrogens with one attached hydrogen (secondary N) is 2. The van der Waals surface area contributed by atoms with Crippen LogP contribution in [-0.2, 0) is 15.8 Å². The van der Waals surface area contributed by atoms with Crippen molar-refractivity contribution in [2.24, 2.45) is 5.10 Å². The van der Waals surface area contributed by atoms with Crippen molar-refractivity contribution in [2.45, 2.75) is 12.6 Å². The molecule has 0 saturated heterocycles. The topological polar surface area (TPSA) is 70.6 Å². The van der Waals surface area contributed by atoms with Gasteiger partial charge in [0.2, 0.25) is 11.8 Å². The molecule has 5 nitrogen and oxygen atoms in total. The Kier molecular flexibility index (Phi) is 6.87. The van der Waals surface area contributed by atoms with E-state index in [1.54, 1.807) is 12.2 Å². The van der Waals surface area contributed by atoms with Gasteiger partial charge in [0.15, 0.2) is 0 Å². The molecule has 0 bridgehead atoms. The molecule has 0 fully saturated rings. The normalized spacial score (nSPS) is 11.7. The van der Waals surface area contributed by atoms with Crippen LogP contribution in [0.3, 0.4) is 0 Å². The van der Waals surface area contributed by atoms with Crippen molar-refractivity contribution in [1.29, 1.82) is 0 Å². The Balaban J connectivity index is 1.79. The van der Waals surface area contributed by atoms with Gasteiger partial charge < -0.3 is 5.32 Å². The number of allylic oxidation sites excluding steroid dienone is 1. The first kappa shape index (κ1) is 19.9. The third kappa shape index (κ3) is 7.15. The number of benzene rings is 2. The Labute approximate surface area is 153 Å². The fourth-order valence-electron chi connectivity index (χ4n) is 2.03. The van der Waals surface area contributed by atoms with Gasteiger partial charge in [-0.1, -0.05) is 42.5 Å². The summed E-state index contributed by atoms with van der Waals surface area (Å²) in [4.78, 5) is 23.4. The lowest BCUT2D eigenvalue weighted by atomic mass is 10.2. The van der Waals surface area contributed by atoms with Gasteiger partial charge in [-0.2, -0.15) is 18.3 Å². The van der Waals surface area contributed by atoms with Gasteiger partial charge in [-0.25, -0.2) is 5.43 Å². The molecule has 2 rings (SSSR count). The summed E-state index contributed by atoms with van der Waals surface area (Å²) < 4.78 is 37.9. The molecule has 0 atom stereocenters. The van der Waals surface area contributed by atoms with Crippen molar-refractivity contribution < 1.29 is 22.8 Å². The standard InChI is InChI=1S/C19H16F3N3O2/c20-19(21,22)15-9-4-10-16(12-15)24-17(26)13-18(27)25-23-11-5-8-14-6-2-1-3-7-14/h1-12H,13H2,(H,24,26)(H,25,27). The van der Waals surface area contributed by atoms with Crippen molar-refractivity contribution in [1.82, 2.24) is 5.43 Å². The first-order valence-corrected chi connectivity index (χ1v) is 7.85. The van der Waals surface area contributed by atoms with Crippen molar-refractivity contribution in [3.63, 3.8) is 0 Å². The first-order chi connectivity index (χ1) is 12.8. The van der Waals surface area contributed by atoms with Crippen LogP contribution in [0.4, 0.5) is 18.9 Å². The van der Waals surface area contributed by atoms with Crippen LogP contribution in [-0.4, -0.2) is 18.0 Å². The fraction of sp³-hybridized carbons (Fsp3) is 0.105. The van der Waals surface area contributed by atoms with E-state index in [1.807, 2.05) is 30.3 Å². The molecule has 140 valence electrons. The van der Waals surface area contributed by atoms with Crippen LogP contribution in [0.2, 0.25) is 0 Å². The molecule has 2 aromatic carbocycles. The van der Waals surface area contributed by atoms with Gasteiger partial charge in [-0.3, -0.25) is 9.59 Å². The van der Waals surface area contributed by atoms with Crippen LogP contribution in [0.1, 0.15) is 17.5 Å². The Bertz CT molecular complexity index is 847. The summed E-state index contributed by atoms with van der Waals surface area (Å²) in [5, 5.41) is 5.90. The van der Waals surface area contributed by atoms with E-state index < -0.39 is 30.0 Å². The summed E-state index contributed by atoms with van der Waals surface area (Å²) in [7, 11) is 0. The summed E-state index contributed by atoms with van der Waals surface area (Å²) in [6, 6.07) is 13.6. The van der Waals surface area contributed by atoms with E-state index in [9.17, 15) is 22.8 Å². The molecule has 2 amide bonds. The fourth-order valence-corrected chi connectivity index (χ4v) is 2.03. The molecule has 0 aliphatic rings. The lowest BCUT2D eigenvalue weighted by Crippen LogP contribution is -2.24. The number of nitrogens with zero attached hydrogens (tertiary/aromatic N) is 1. The van der Waals surface area contributed by atoms with Gasteiger partial charge in [0.25, 0.3) is 0 Å². The zero-order valence-corrected chi connectivity index (χ0v) is 14.0. The summed E-state index contributed by atoms with van der Waals surface area (Å²) in [6.07, 6.45) is -0.361. The minimum atomic E-state index is -4.51. The second kappa shape index (κ2) is 9.33. The van der Waals surface area contributed by atoms with Gasteiger partial charge >= 0.3 is 6.18 Å². The number of anilines is 1. The summed E-state index contributed by atoms with van der Waals surface area (Å²) in [6.45, 7) is 0. The highest BCUT2D eigenvalue weighted by molar-refractivity contribution is 6.03. The molecule has 2 N–H and O–H groups in total. The molecular formula is C19H16F3N3O2. The lowest BCUT2D eigenvalue weighted by molar-refractivity contribution is -0.137.